The lowest BCUT2D eigenvalue weighted by atomic mass is 10.2. The maximum absolute atomic E-state index is 13.3. The van der Waals surface area contributed by atoms with Crippen molar-refractivity contribution >= 4 is 68.1 Å². The number of fused-ring (bicyclic) bond motifs is 1. The van der Waals surface area contributed by atoms with Crippen molar-refractivity contribution in [3.8, 4) is 0 Å². The number of hydrogen-bond acceptors (Lipinski definition) is 6. The second-order valence-electron chi connectivity index (χ2n) is 7.02. The van der Waals surface area contributed by atoms with E-state index >= 15 is 0 Å². The minimum atomic E-state index is -3.98. The number of sulfonamides is 1. The van der Waals surface area contributed by atoms with Crippen LogP contribution in [0.4, 0.5) is 15.8 Å². The molecule has 0 amide bonds. The first kappa shape index (κ1) is 23.0. The van der Waals surface area contributed by atoms with E-state index in [1.807, 2.05) is 16.7 Å². The smallest absolute Gasteiger partial charge is 0.292 e. The van der Waals surface area contributed by atoms with Crippen LogP contribution in [0.15, 0.2) is 34.7 Å². The summed E-state index contributed by atoms with van der Waals surface area (Å²) in [6, 6.07) is 2.08. The molecule has 0 saturated carbocycles. The van der Waals surface area contributed by atoms with Crippen molar-refractivity contribution in [2.75, 3.05) is 34.2 Å². The first-order valence-corrected chi connectivity index (χ1v) is 12.9. The number of thioether (sulfide) groups is 1. The number of halogens is 3. The second kappa shape index (κ2) is 8.97. The Balaban J connectivity index is 1.63. The first-order valence-electron chi connectivity index (χ1n) is 9.42. The van der Waals surface area contributed by atoms with E-state index in [1.165, 1.54) is 27.7 Å². The highest BCUT2D eigenvalue weighted by Crippen LogP contribution is 2.28. The number of benzene rings is 1. The zero-order valence-electron chi connectivity index (χ0n) is 16.8. The molecule has 4 rings (SSSR count). The molecule has 1 aliphatic heterocycles. The zero-order chi connectivity index (χ0) is 23.0. The van der Waals surface area contributed by atoms with Crippen molar-refractivity contribution in [3.05, 3.63) is 61.7 Å². The molecule has 0 spiro atoms. The standard InChI is InChI=1S/C19H18Cl2FN5O3S2/c1-25-19(28)17(26-3-5-31-6-4-26)18-23-10-13(11-27(18)25)24-32(29,30)7-2-14-15(20)8-12(22)9-16(14)21/h2,7-11,24H,3-6H2,1H3/b7-2+. The van der Waals surface area contributed by atoms with Gasteiger partial charge >= 0.3 is 0 Å². The third kappa shape index (κ3) is 4.61. The van der Waals surface area contributed by atoms with Crippen LogP contribution in [-0.2, 0) is 17.1 Å². The van der Waals surface area contributed by atoms with Crippen molar-refractivity contribution in [1.82, 2.24) is 14.2 Å². The fourth-order valence-corrected chi connectivity index (χ4v) is 5.65. The van der Waals surface area contributed by atoms with Gasteiger partial charge in [0.2, 0.25) is 0 Å². The van der Waals surface area contributed by atoms with Gasteiger partial charge in [0.05, 0.1) is 33.5 Å². The molecule has 8 nitrogen and oxygen atoms in total. The summed E-state index contributed by atoms with van der Waals surface area (Å²) in [6.07, 6.45) is 4.01. The van der Waals surface area contributed by atoms with Crippen molar-refractivity contribution < 1.29 is 12.8 Å². The van der Waals surface area contributed by atoms with Crippen LogP contribution in [0.25, 0.3) is 11.7 Å². The Bertz CT molecular complexity index is 1360. The number of aryl methyl sites for hydroxylation is 1. The van der Waals surface area contributed by atoms with Crippen molar-refractivity contribution in [2.24, 2.45) is 7.05 Å². The molecular formula is C19H18Cl2FN5O3S2. The minimum absolute atomic E-state index is 0.0180. The average molecular weight is 518 g/mol. The highest BCUT2D eigenvalue weighted by molar-refractivity contribution is 7.99. The SMILES string of the molecule is Cn1c(=O)c(N2CCSCC2)c2ncc(NS(=O)(=O)/C=C/c3c(Cl)cc(F)cc3Cl)cn21. The van der Waals surface area contributed by atoms with Gasteiger partial charge in [-0.05, 0) is 18.2 Å². The van der Waals surface area contributed by atoms with Crippen molar-refractivity contribution in [3.63, 3.8) is 0 Å². The van der Waals surface area contributed by atoms with E-state index < -0.39 is 15.8 Å². The molecule has 170 valence electrons. The molecule has 32 heavy (non-hydrogen) atoms. The summed E-state index contributed by atoms with van der Waals surface area (Å²) in [7, 11) is -2.38. The number of hydrogen-bond donors (Lipinski definition) is 1. The lowest BCUT2D eigenvalue weighted by molar-refractivity contribution is 0.609. The predicted octanol–water partition coefficient (Wildman–Crippen LogP) is 3.44. The van der Waals surface area contributed by atoms with Gasteiger partial charge in [-0.3, -0.25) is 9.52 Å². The van der Waals surface area contributed by atoms with Crippen LogP contribution in [0.5, 0.6) is 0 Å². The molecule has 3 heterocycles. The zero-order valence-corrected chi connectivity index (χ0v) is 19.9. The fraction of sp³-hybridized carbons (Fsp3) is 0.263. The Kier molecular flexibility index (Phi) is 6.44. The summed E-state index contributed by atoms with van der Waals surface area (Å²) < 4.78 is 43.6. The summed E-state index contributed by atoms with van der Waals surface area (Å²) in [5.74, 6) is 1.22. The molecule has 0 radical (unpaired) electrons. The number of anilines is 2. The predicted molar refractivity (Wildman–Crippen MR) is 128 cm³/mol. The van der Waals surface area contributed by atoms with E-state index in [-0.39, 0.29) is 26.9 Å². The van der Waals surface area contributed by atoms with Crippen LogP contribution >= 0.6 is 35.0 Å². The van der Waals surface area contributed by atoms with Crippen molar-refractivity contribution in [1.29, 1.82) is 0 Å². The first-order chi connectivity index (χ1) is 15.2. The molecule has 1 fully saturated rings. The summed E-state index contributed by atoms with van der Waals surface area (Å²) in [5.41, 5.74) is 1.08. The molecule has 1 aromatic carbocycles. The van der Waals surface area contributed by atoms with Crippen molar-refractivity contribution in [2.45, 2.75) is 0 Å². The van der Waals surface area contributed by atoms with Gasteiger partial charge in [0.1, 0.15) is 11.5 Å². The summed E-state index contributed by atoms with van der Waals surface area (Å²) in [6.45, 7) is 1.49. The topological polar surface area (TPSA) is 88.7 Å². The number of rotatable bonds is 5. The molecule has 0 bridgehead atoms. The monoisotopic (exact) mass is 517 g/mol. The van der Waals surface area contributed by atoms with E-state index in [0.29, 0.717) is 11.3 Å². The maximum atomic E-state index is 13.3. The molecule has 1 aliphatic rings. The van der Waals surface area contributed by atoms with Crippen LogP contribution < -0.4 is 15.2 Å². The summed E-state index contributed by atoms with van der Waals surface area (Å²) in [5, 5.41) is 0.833. The number of nitrogens with zero attached hydrogens (tertiary/aromatic N) is 4. The summed E-state index contributed by atoms with van der Waals surface area (Å²) >= 11 is 13.7. The van der Waals surface area contributed by atoms with E-state index in [0.717, 1.165) is 42.1 Å². The van der Waals surface area contributed by atoms with E-state index in [9.17, 15) is 17.6 Å². The molecule has 13 heteroatoms. The number of nitrogens with one attached hydrogen (secondary N) is 1. The molecule has 0 atom stereocenters. The Morgan fingerprint density at radius 1 is 1.22 bits per heavy atom. The van der Waals surface area contributed by atoms with Gasteiger partial charge in [0.15, 0.2) is 5.65 Å². The maximum Gasteiger partial charge on any atom is 0.292 e. The second-order valence-corrected chi connectivity index (χ2v) is 10.6. The van der Waals surface area contributed by atoms with Crippen LogP contribution in [-0.4, -0.2) is 47.2 Å². The van der Waals surface area contributed by atoms with Crippen LogP contribution in [0.3, 0.4) is 0 Å². The average Bonchev–Trinajstić information content (AvgIpc) is 2.97. The van der Waals surface area contributed by atoms with Gasteiger partial charge < -0.3 is 4.90 Å². The van der Waals surface area contributed by atoms with Gasteiger partial charge in [-0.1, -0.05) is 23.2 Å². The van der Waals surface area contributed by atoms with Gasteiger partial charge in [-0.15, -0.1) is 0 Å². The molecule has 1 N–H and O–H groups in total. The third-order valence-electron chi connectivity index (χ3n) is 4.88. The Morgan fingerprint density at radius 3 is 2.53 bits per heavy atom. The molecule has 2 aromatic heterocycles. The molecule has 1 saturated heterocycles. The third-order valence-corrected chi connectivity index (χ3v) is 7.46. The normalized spacial score (nSPS) is 15.1. The Hall–Kier alpha value is -2.21. The molecular weight excluding hydrogens is 500 g/mol. The lowest BCUT2D eigenvalue weighted by Crippen LogP contribution is -2.35. The summed E-state index contributed by atoms with van der Waals surface area (Å²) in [4.78, 5) is 19.1. The molecule has 0 aliphatic carbocycles. The largest absolute Gasteiger partial charge is 0.362 e. The minimum Gasteiger partial charge on any atom is -0.362 e. The van der Waals surface area contributed by atoms with Gasteiger partial charge in [-0.25, -0.2) is 27.0 Å². The van der Waals surface area contributed by atoms with Gasteiger partial charge in [0, 0.05) is 37.2 Å². The number of aromatic nitrogens is 3. The van der Waals surface area contributed by atoms with Crippen LogP contribution in [0, 0.1) is 5.82 Å². The molecule has 3 aromatic rings. The Morgan fingerprint density at radius 2 is 1.88 bits per heavy atom. The highest BCUT2D eigenvalue weighted by atomic mass is 35.5. The van der Waals surface area contributed by atoms with E-state index in [2.05, 4.69) is 9.71 Å². The quantitative estimate of drug-likeness (QED) is 0.557. The molecule has 0 unspecified atom stereocenters. The van der Waals surface area contributed by atoms with E-state index in [4.69, 9.17) is 23.2 Å². The van der Waals surface area contributed by atoms with Crippen LogP contribution in [0.2, 0.25) is 10.0 Å². The lowest BCUT2D eigenvalue weighted by Gasteiger charge is -2.26. The Labute approximate surface area is 197 Å². The van der Waals surface area contributed by atoms with E-state index in [1.54, 1.807) is 7.05 Å². The fourth-order valence-electron chi connectivity index (χ4n) is 3.35. The highest BCUT2D eigenvalue weighted by Gasteiger charge is 2.22. The van der Waals surface area contributed by atoms with Crippen LogP contribution in [0.1, 0.15) is 5.56 Å². The van der Waals surface area contributed by atoms with Gasteiger partial charge in [-0.2, -0.15) is 11.8 Å². The van der Waals surface area contributed by atoms with Gasteiger partial charge in [0.25, 0.3) is 15.6 Å².